The van der Waals surface area contributed by atoms with Crippen molar-refractivity contribution in [2.75, 3.05) is 13.2 Å². The number of rotatable bonds is 10. The normalized spacial score (nSPS) is 17.1. The van der Waals surface area contributed by atoms with E-state index in [9.17, 15) is 9.90 Å². The van der Waals surface area contributed by atoms with E-state index in [0.717, 1.165) is 19.3 Å². The van der Waals surface area contributed by atoms with Gasteiger partial charge in [-0.3, -0.25) is 0 Å². The average Bonchev–Trinajstić information content (AvgIpc) is 2.41. The van der Waals surface area contributed by atoms with Gasteiger partial charge in [0.1, 0.15) is 5.60 Å². The molecule has 0 amide bonds. The van der Waals surface area contributed by atoms with Crippen LogP contribution in [-0.2, 0) is 9.47 Å². The van der Waals surface area contributed by atoms with Gasteiger partial charge in [0, 0.05) is 0 Å². The molecule has 3 N–H and O–H groups in total. The minimum atomic E-state index is -0.688. The van der Waals surface area contributed by atoms with Gasteiger partial charge in [0.25, 0.3) is 0 Å². The molecule has 2 unspecified atom stereocenters. The molecule has 120 valence electrons. The summed E-state index contributed by atoms with van der Waals surface area (Å²) in [6.07, 6.45) is 3.56. The van der Waals surface area contributed by atoms with Gasteiger partial charge in [0.05, 0.1) is 12.2 Å². The first-order valence-corrected chi connectivity index (χ1v) is 7.57. The van der Waals surface area contributed by atoms with Crippen LogP contribution in [0.4, 0.5) is 4.79 Å². The molecule has 0 aromatic rings. The van der Waals surface area contributed by atoms with E-state index in [1.54, 1.807) is 6.92 Å². The van der Waals surface area contributed by atoms with E-state index in [4.69, 9.17) is 15.2 Å². The van der Waals surface area contributed by atoms with Crippen molar-refractivity contribution in [2.24, 2.45) is 5.73 Å². The van der Waals surface area contributed by atoms with Crippen LogP contribution in [0, 0.1) is 0 Å². The van der Waals surface area contributed by atoms with E-state index in [1.807, 2.05) is 20.8 Å². The molecular formula is C15H31NO4. The van der Waals surface area contributed by atoms with E-state index < -0.39 is 17.4 Å². The zero-order valence-electron chi connectivity index (χ0n) is 13.4. The van der Waals surface area contributed by atoms with Gasteiger partial charge >= 0.3 is 6.16 Å². The van der Waals surface area contributed by atoms with Crippen molar-refractivity contribution in [3.05, 3.63) is 0 Å². The molecule has 0 heterocycles. The zero-order valence-corrected chi connectivity index (χ0v) is 13.4. The lowest BCUT2D eigenvalue weighted by atomic mass is 9.97. The fraction of sp³-hybridized carbons (Fsp3) is 0.933. The summed E-state index contributed by atoms with van der Waals surface area (Å²) >= 11 is 0. The molecule has 2 atom stereocenters. The molecule has 0 aliphatic rings. The third-order valence-electron chi connectivity index (χ3n) is 3.83. The highest BCUT2D eigenvalue weighted by Crippen LogP contribution is 2.22. The van der Waals surface area contributed by atoms with Crippen LogP contribution in [0.1, 0.15) is 66.2 Å². The third-order valence-corrected chi connectivity index (χ3v) is 3.83. The lowest BCUT2D eigenvalue weighted by Crippen LogP contribution is -2.32. The third kappa shape index (κ3) is 8.38. The minimum Gasteiger partial charge on any atom is -0.434 e. The molecule has 0 spiro atoms. The molecule has 0 aliphatic heterocycles. The molecule has 0 aliphatic carbocycles. The molecule has 0 saturated heterocycles. The van der Waals surface area contributed by atoms with E-state index in [2.05, 4.69) is 0 Å². The van der Waals surface area contributed by atoms with Crippen molar-refractivity contribution in [3.8, 4) is 0 Å². The predicted octanol–water partition coefficient (Wildman–Crippen LogP) is 2.99. The zero-order chi connectivity index (χ0) is 15.6. The Bertz CT molecular complexity index is 281. The standard InChI is InChI=1S/C15H31NO4/c1-5-14(3,18)9-8-12-19-13(17)20-15(4,6-2)10-7-11-16/h18H,5-12,16H2,1-4H3. The first-order valence-electron chi connectivity index (χ1n) is 7.57. The Labute approximate surface area is 122 Å². The number of aliphatic hydroxyl groups is 1. The Morgan fingerprint density at radius 2 is 1.80 bits per heavy atom. The van der Waals surface area contributed by atoms with Crippen LogP contribution in [-0.4, -0.2) is 35.6 Å². The monoisotopic (exact) mass is 289 g/mol. The molecule has 20 heavy (non-hydrogen) atoms. The van der Waals surface area contributed by atoms with Gasteiger partial charge in [-0.1, -0.05) is 13.8 Å². The molecule has 5 heteroatoms. The van der Waals surface area contributed by atoms with Gasteiger partial charge in [0.15, 0.2) is 0 Å². The van der Waals surface area contributed by atoms with Crippen LogP contribution in [0.25, 0.3) is 0 Å². The van der Waals surface area contributed by atoms with Crippen LogP contribution in [0.3, 0.4) is 0 Å². The van der Waals surface area contributed by atoms with E-state index in [-0.39, 0.29) is 6.61 Å². The Hall–Kier alpha value is -0.810. The second-order valence-corrected chi connectivity index (χ2v) is 5.85. The van der Waals surface area contributed by atoms with Crippen LogP contribution in [0.15, 0.2) is 0 Å². The summed E-state index contributed by atoms with van der Waals surface area (Å²) < 4.78 is 10.4. The van der Waals surface area contributed by atoms with Gasteiger partial charge in [-0.2, -0.15) is 0 Å². The number of ether oxygens (including phenoxy) is 2. The van der Waals surface area contributed by atoms with E-state index in [0.29, 0.717) is 25.8 Å². The second-order valence-electron chi connectivity index (χ2n) is 5.85. The molecule has 0 radical (unpaired) electrons. The quantitative estimate of drug-likeness (QED) is 0.477. The molecular weight excluding hydrogens is 258 g/mol. The topological polar surface area (TPSA) is 81.8 Å². The highest BCUT2D eigenvalue weighted by molar-refractivity contribution is 5.60. The molecule has 0 aromatic heterocycles. The Morgan fingerprint density at radius 1 is 1.15 bits per heavy atom. The highest BCUT2D eigenvalue weighted by Gasteiger charge is 2.27. The number of nitrogens with two attached hydrogens (primary N) is 1. The van der Waals surface area contributed by atoms with Crippen LogP contribution < -0.4 is 5.73 Å². The number of carbonyl (C=O) groups excluding carboxylic acids is 1. The summed E-state index contributed by atoms with van der Waals surface area (Å²) in [5.41, 5.74) is 4.28. The number of hydrogen-bond acceptors (Lipinski definition) is 5. The first kappa shape index (κ1) is 19.2. The average molecular weight is 289 g/mol. The summed E-state index contributed by atoms with van der Waals surface area (Å²) in [4.78, 5) is 11.6. The second kappa shape index (κ2) is 9.19. The van der Waals surface area contributed by atoms with Crippen LogP contribution >= 0.6 is 0 Å². The first-order chi connectivity index (χ1) is 9.28. The summed E-state index contributed by atoms with van der Waals surface area (Å²) in [7, 11) is 0. The van der Waals surface area contributed by atoms with Gasteiger partial charge < -0.3 is 20.3 Å². The minimum absolute atomic E-state index is 0.270. The van der Waals surface area contributed by atoms with Gasteiger partial charge in [-0.15, -0.1) is 0 Å². The van der Waals surface area contributed by atoms with Gasteiger partial charge in [0.2, 0.25) is 0 Å². The predicted molar refractivity (Wildman–Crippen MR) is 79.6 cm³/mol. The van der Waals surface area contributed by atoms with Crippen molar-refractivity contribution in [3.63, 3.8) is 0 Å². The van der Waals surface area contributed by atoms with Crippen molar-refractivity contribution < 1.29 is 19.4 Å². The summed E-state index contributed by atoms with van der Waals surface area (Å²) in [6.45, 7) is 8.44. The fourth-order valence-electron chi connectivity index (χ4n) is 1.79. The maximum Gasteiger partial charge on any atom is 0.508 e. The summed E-state index contributed by atoms with van der Waals surface area (Å²) in [6, 6.07) is 0. The van der Waals surface area contributed by atoms with Crippen LogP contribution in [0.2, 0.25) is 0 Å². The van der Waals surface area contributed by atoms with Crippen molar-refractivity contribution in [2.45, 2.75) is 77.4 Å². The van der Waals surface area contributed by atoms with Crippen molar-refractivity contribution in [1.82, 2.24) is 0 Å². The Morgan fingerprint density at radius 3 is 2.30 bits per heavy atom. The van der Waals surface area contributed by atoms with E-state index >= 15 is 0 Å². The summed E-state index contributed by atoms with van der Waals surface area (Å²) in [5.74, 6) is 0. The van der Waals surface area contributed by atoms with Gasteiger partial charge in [-0.05, 0) is 58.9 Å². The van der Waals surface area contributed by atoms with Crippen molar-refractivity contribution >= 4 is 6.16 Å². The fourth-order valence-corrected chi connectivity index (χ4v) is 1.79. The number of carbonyl (C=O) groups is 1. The molecule has 0 saturated carbocycles. The molecule has 0 fully saturated rings. The Kier molecular flexibility index (Phi) is 8.81. The molecule has 0 rings (SSSR count). The SMILES string of the molecule is CCC(C)(O)CCCOC(=O)OC(C)(CC)CCCN. The molecule has 5 nitrogen and oxygen atoms in total. The number of hydrogen-bond donors (Lipinski definition) is 2. The maximum atomic E-state index is 11.6. The Balaban J connectivity index is 3.97. The smallest absolute Gasteiger partial charge is 0.434 e. The van der Waals surface area contributed by atoms with Crippen molar-refractivity contribution in [1.29, 1.82) is 0 Å². The van der Waals surface area contributed by atoms with Crippen LogP contribution in [0.5, 0.6) is 0 Å². The van der Waals surface area contributed by atoms with Gasteiger partial charge in [-0.25, -0.2) is 4.79 Å². The maximum absolute atomic E-state index is 11.6. The van der Waals surface area contributed by atoms with E-state index in [1.165, 1.54) is 0 Å². The summed E-state index contributed by atoms with van der Waals surface area (Å²) in [5, 5.41) is 9.83. The lowest BCUT2D eigenvalue weighted by molar-refractivity contribution is -0.0359. The largest absolute Gasteiger partial charge is 0.508 e. The lowest BCUT2D eigenvalue weighted by Gasteiger charge is -2.27. The molecule has 0 aromatic carbocycles. The highest BCUT2D eigenvalue weighted by atomic mass is 16.7. The molecule has 0 bridgehead atoms.